The van der Waals surface area contributed by atoms with Crippen molar-refractivity contribution in [2.75, 3.05) is 13.6 Å². The summed E-state index contributed by atoms with van der Waals surface area (Å²) in [6.45, 7) is 4.35. The Kier molecular flexibility index (Phi) is 4.03. The van der Waals surface area contributed by atoms with Gasteiger partial charge in [0.1, 0.15) is 0 Å². The van der Waals surface area contributed by atoms with Crippen LogP contribution in [-0.4, -0.2) is 24.5 Å². The van der Waals surface area contributed by atoms with Crippen molar-refractivity contribution >= 4 is 17.2 Å². The maximum absolute atomic E-state index is 11.0. The number of aromatic nitrogens is 1. The van der Waals surface area contributed by atoms with Gasteiger partial charge in [0.05, 0.1) is 17.7 Å². The van der Waals surface area contributed by atoms with E-state index in [2.05, 4.69) is 15.6 Å². The zero-order valence-electron chi connectivity index (χ0n) is 8.63. The van der Waals surface area contributed by atoms with Crippen molar-refractivity contribution in [2.24, 2.45) is 0 Å². The third-order valence-electron chi connectivity index (χ3n) is 2.02. The molecule has 0 aliphatic heterocycles. The van der Waals surface area contributed by atoms with Gasteiger partial charge in [-0.2, -0.15) is 0 Å². The fourth-order valence-electron chi connectivity index (χ4n) is 1.15. The van der Waals surface area contributed by atoms with Crippen molar-refractivity contribution in [1.29, 1.82) is 0 Å². The molecular formula is C9H15N3OS. The highest BCUT2D eigenvalue weighted by Crippen LogP contribution is 2.20. The van der Waals surface area contributed by atoms with E-state index in [1.165, 1.54) is 4.88 Å². The molecule has 2 N–H and O–H groups in total. The van der Waals surface area contributed by atoms with Gasteiger partial charge in [0, 0.05) is 18.0 Å². The van der Waals surface area contributed by atoms with Crippen molar-refractivity contribution in [3.63, 3.8) is 0 Å². The SMILES string of the molecule is CNC(=O)CNC(C)c1scnc1C. The summed E-state index contributed by atoms with van der Waals surface area (Å²) in [6.07, 6.45) is 0. The molecule has 1 atom stereocenters. The fourth-order valence-corrected chi connectivity index (χ4v) is 1.99. The van der Waals surface area contributed by atoms with Crippen LogP contribution < -0.4 is 10.6 Å². The first kappa shape index (κ1) is 11.1. The molecule has 1 heterocycles. The van der Waals surface area contributed by atoms with Crippen LogP contribution in [0.2, 0.25) is 0 Å². The molecule has 14 heavy (non-hydrogen) atoms. The first-order valence-electron chi connectivity index (χ1n) is 4.49. The summed E-state index contributed by atoms with van der Waals surface area (Å²) in [5.74, 6) is -0.000909. The summed E-state index contributed by atoms with van der Waals surface area (Å²) in [6, 6.07) is 0.180. The Morgan fingerprint density at radius 3 is 2.93 bits per heavy atom. The topological polar surface area (TPSA) is 54.0 Å². The molecule has 0 bridgehead atoms. The smallest absolute Gasteiger partial charge is 0.233 e. The highest BCUT2D eigenvalue weighted by atomic mass is 32.1. The van der Waals surface area contributed by atoms with Crippen LogP contribution in [0.5, 0.6) is 0 Å². The molecule has 0 fully saturated rings. The summed E-state index contributed by atoms with van der Waals surface area (Å²) < 4.78 is 0. The lowest BCUT2D eigenvalue weighted by molar-refractivity contribution is -0.119. The van der Waals surface area contributed by atoms with Gasteiger partial charge in [-0.25, -0.2) is 4.98 Å². The van der Waals surface area contributed by atoms with Crippen molar-refractivity contribution in [3.05, 3.63) is 16.1 Å². The first-order chi connectivity index (χ1) is 6.65. The van der Waals surface area contributed by atoms with Crippen LogP contribution in [0.3, 0.4) is 0 Å². The van der Waals surface area contributed by atoms with Crippen molar-refractivity contribution in [2.45, 2.75) is 19.9 Å². The molecule has 0 radical (unpaired) electrons. The van der Waals surface area contributed by atoms with Gasteiger partial charge >= 0.3 is 0 Å². The van der Waals surface area contributed by atoms with Crippen LogP contribution in [0.15, 0.2) is 5.51 Å². The number of carbonyl (C=O) groups is 1. The number of likely N-dealkylation sites (N-methyl/N-ethyl adjacent to an activating group) is 1. The van der Waals surface area contributed by atoms with Crippen LogP contribution in [0, 0.1) is 6.92 Å². The Bertz CT molecular complexity index is 311. The average molecular weight is 213 g/mol. The number of hydrogen-bond acceptors (Lipinski definition) is 4. The second-order valence-corrected chi connectivity index (χ2v) is 3.96. The molecule has 0 aromatic carbocycles. The first-order valence-corrected chi connectivity index (χ1v) is 5.37. The molecule has 78 valence electrons. The van der Waals surface area contributed by atoms with Crippen molar-refractivity contribution < 1.29 is 4.79 Å². The van der Waals surface area contributed by atoms with E-state index in [4.69, 9.17) is 0 Å². The van der Waals surface area contributed by atoms with Gasteiger partial charge in [-0.15, -0.1) is 11.3 Å². The number of nitrogens with zero attached hydrogens (tertiary/aromatic N) is 1. The van der Waals surface area contributed by atoms with E-state index >= 15 is 0 Å². The highest BCUT2D eigenvalue weighted by molar-refractivity contribution is 7.09. The van der Waals surface area contributed by atoms with Gasteiger partial charge in [0.15, 0.2) is 0 Å². The number of carbonyl (C=O) groups excluding carboxylic acids is 1. The standard InChI is InChI=1S/C9H15N3OS/c1-6(11-4-8(13)10-3)9-7(2)12-5-14-9/h5-6,11H,4H2,1-3H3,(H,10,13). The van der Waals surface area contributed by atoms with E-state index in [0.29, 0.717) is 6.54 Å². The minimum absolute atomic E-state index is 0.000909. The van der Waals surface area contributed by atoms with Gasteiger partial charge in [0.25, 0.3) is 0 Å². The van der Waals surface area contributed by atoms with Gasteiger partial charge in [-0.3, -0.25) is 4.79 Å². The molecule has 0 aliphatic carbocycles. The Hall–Kier alpha value is -0.940. The maximum Gasteiger partial charge on any atom is 0.233 e. The van der Waals surface area contributed by atoms with Crippen LogP contribution in [0.4, 0.5) is 0 Å². The fraction of sp³-hybridized carbons (Fsp3) is 0.556. The second kappa shape index (κ2) is 5.07. The lowest BCUT2D eigenvalue weighted by atomic mass is 10.2. The zero-order valence-corrected chi connectivity index (χ0v) is 9.44. The van der Waals surface area contributed by atoms with Crippen LogP contribution in [0.25, 0.3) is 0 Å². The van der Waals surface area contributed by atoms with Crippen LogP contribution >= 0.6 is 11.3 Å². The van der Waals surface area contributed by atoms with E-state index < -0.39 is 0 Å². The summed E-state index contributed by atoms with van der Waals surface area (Å²) in [4.78, 5) is 16.3. The van der Waals surface area contributed by atoms with Crippen molar-refractivity contribution in [1.82, 2.24) is 15.6 Å². The predicted molar refractivity (Wildman–Crippen MR) is 57.3 cm³/mol. The molecule has 0 aliphatic rings. The summed E-state index contributed by atoms with van der Waals surface area (Å²) in [5.41, 5.74) is 2.86. The van der Waals surface area contributed by atoms with E-state index in [0.717, 1.165) is 5.69 Å². The van der Waals surface area contributed by atoms with Crippen molar-refractivity contribution in [3.8, 4) is 0 Å². The lowest BCUT2D eigenvalue weighted by Crippen LogP contribution is -2.32. The number of amides is 1. The largest absolute Gasteiger partial charge is 0.358 e. The second-order valence-electron chi connectivity index (χ2n) is 3.08. The Labute approximate surface area is 87.7 Å². The third-order valence-corrected chi connectivity index (χ3v) is 3.14. The zero-order chi connectivity index (χ0) is 10.6. The maximum atomic E-state index is 11.0. The van der Waals surface area contributed by atoms with Gasteiger partial charge in [0.2, 0.25) is 5.91 Å². The Balaban J connectivity index is 2.47. The van der Waals surface area contributed by atoms with Gasteiger partial charge in [-0.1, -0.05) is 0 Å². The molecule has 1 amide bonds. The number of aryl methyl sites for hydroxylation is 1. The van der Waals surface area contributed by atoms with Gasteiger partial charge in [-0.05, 0) is 13.8 Å². The molecule has 1 rings (SSSR count). The molecular weight excluding hydrogens is 198 g/mol. The monoisotopic (exact) mass is 213 g/mol. The quantitative estimate of drug-likeness (QED) is 0.779. The summed E-state index contributed by atoms with van der Waals surface area (Å²) in [5, 5.41) is 5.70. The van der Waals surface area contributed by atoms with E-state index in [1.807, 2.05) is 19.4 Å². The molecule has 0 saturated carbocycles. The summed E-state index contributed by atoms with van der Waals surface area (Å²) in [7, 11) is 1.63. The number of rotatable bonds is 4. The molecule has 4 nitrogen and oxygen atoms in total. The van der Waals surface area contributed by atoms with E-state index in [9.17, 15) is 4.79 Å². The Morgan fingerprint density at radius 2 is 2.43 bits per heavy atom. The van der Waals surface area contributed by atoms with E-state index in [1.54, 1.807) is 18.4 Å². The minimum atomic E-state index is -0.000909. The number of thiazole rings is 1. The number of hydrogen-bond donors (Lipinski definition) is 2. The summed E-state index contributed by atoms with van der Waals surface area (Å²) >= 11 is 1.61. The number of nitrogens with one attached hydrogen (secondary N) is 2. The Morgan fingerprint density at radius 1 is 1.71 bits per heavy atom. The molecule has 1 unspecified atom stereocenters. The van der Waals surface area contributed by atoms with Gasteiger partial charge < -0.3 is 10.6 Å². The lowest BCUT2D eigenvalue weighted by Gasteiger charge is -2.11. The molecule has 5 heteroatoms. The third kappa shape index (κ3) is 2.78. The van der Waals surface area contributed by atoms with Crippen LogP contribution in [0.1, 0.15) is 23.5 Å². The van der Waals surface area contributed by atoms with Crippen LogP contribution in [-0.2, 0) is 4.79 Å². The molecule has 0 spiro atoms. The normalized spacial score (nSPS) is 12.5. The highest BCUT2D eigenvalue weighted by Gasteiger charge is 2.11. The predicted octanol–water partition coefficient (Wildman–Crippen LogP) is 0.848. The average Bonchev–Trinajstić information content (AvgIpc) is 2.60. The van der Waals surface area contributed by atoms with E-state index in [-0.39, 0.29) is 11.9 Å². The molecule has 0 saturated heterocycles. The minimum Gasteiger partial charge on any atom is -0.358 e. The molecule has 1 aromatic rings. The molecule has 1 aromatic heterocycles.